The average molecular weight is 320 g/mol. The highest BCUT2D eigenvalue weighted by Gasteiger charge is 2.13. The molecular weight excluding hydrogens is 298 g/mol. The summed E-state index contributed by atoms with van der Waals surface area (Å²) >= 11 is 0. The van der Waals surface area contributed by atoms with E-state index >= 15 is 0 Å². The Hall–Kier alpha value is -2.10. The molecule has 0 saturated heterocycles. The normalized spacial score (nSPS) is 10.7. The molecule has 4 heteroatoms. The first-order valence-corrected chi connectivity index (χ1v) is 7.76. The molecule has 0 unspecified atom stereocenters. The third-order valence-corrected chi connectivity index (χ3v) is 3.91. The molecule has 0 spiro atoms. The highest BCUT2D eigenvalue weighted by atomic mass is 19.1. The van der Waals surface area contributed by atoms with Gasteiger partial charge >= 0.3 is 0 Å². The minimum absolute atomic E-state index is 0.499. The lowest BCUT2D eigenvalue weighted by Crippen LogP contribution is -2.03. The summed E-state index contributed by atoms with van der Waals surface area (Å²) in [4.78, 5) is 0. The number of halogens is 2. The van der Waals surface area contributed by atoms with Crippen LogP contribution in [0.2, 0.25) is 0 Å². The second-order valence-corrected chi connectivity index (χ2v) is 5.45. The molecule has 0 aliphatic carbocycles. The molecular formula is C19H22F2O2. The number of ether oxygens (including phenoxy) is 2. The topological polar surface area (TPSA) is 18.5 Å². The Bertz CT molecular complexity index is 669. The Morgan fingerprint density at radius 1 is 0.870 bits per heavy atom. The smallest absolute Gasteiger partial charge is 0.129 e. The maximum absolute atomic E-state index is 13.8. The fraction of sp³-hybridized carbons (Fsp3) is 0.368. The summed E-state index contributed by atoms with van der Waals surface area (Å²) in [6.45, 7) is 2.10. The van der Waals surface area contributed by atoms with Crippen LogP contribution in [0, 0.1) is 11.6 Å². The van der Waals surface area contributed by atoms with Crippen LogP contribution in [0.15, 0.2) is 30.3 Å². The summed E-state index contributed by atoms with van der Waals surface area (Å²) in [5.74, 6) is 0.454. The second kappa shape index (κ2) is 7.95. The van der Waals surface area contributed by atoms with Gasteiger partial charge in [-0.05, 0) is 48.1 Å². The van der Waals surface area contributed by atoms with E-state index in [4.69, 9.17) is 9.47 Å². The average Bonchev–Trinajstić information content (AvgIpc) is 2.55. The van der Waals surface area contributed by atoms with E-state index in [-0.39, 0.29) is 0 Å². The van der Waals surface area contributed by atoms with Crippen LogP contribution in [-0.4, -0.2) is 14.2 Å². The van der Waals surface area contributed by atoms with Crippen molar-refractivity contribution in [1.82, 2.24) is 0 Å². The van der Waals surface area contributed by atoms with Gasteiger partial charge in [-0.15, -0.1) is 0 Å². The minimum Gasteiger partial charge on any atom is -0.497 e. The van der Waals surface area contributed by atoms with Crippen molar-refractivity contribution in [3.63, 3.8) is 0 Å². The van der Waals surface area contributed by atoms with Gasteiger partial charge in [0.15, 0.2) is 0 Å². The molecule has 2 rings (SSSR count). The van der Waals surface area contributed by atoms with Crippen LogP contribution in [0.25, 0.3) is 0 Å². The molecule has 2 aromatic rings. The molecule has 0 aliphatic rings. The van der Waals surface area contributed by atoms with Crippen LogP contribution >= 0.6 is 0 Å². The Balaban J connectivity index is 2.29. The van der Waals surface area contributed by atoms with Gasteiger partial charge in [-0.3, -0.25) is 0 Å². The first-order valence-electron chi connectivity index (χ1n) is 7.76. The Morgan fingerprint density at radius 3 is 2.22 bits per heavy atom. The van der Waals surface area contributed by atoms with Crippen molar-refractivity contribution in [1.29, 1.82) is 0 Å². The van der Waals surface area contributed by atoms with Gasteiger partial charge in [0.2, 0.25) is 0 Å². The first kappa shape index (κ1) is 17.3. The summed E-state index contributed by atoms with van der Waals surface area (Å²) in [7, 11) is 3.25. The van der Waals surface area contributed by atoms with Gasteiger partial charge in [-0.1, -0.05) is 19.4 Å². The molecule has 0 bridgehead atoms. The second-order valence-electron chi connectivity index (χ2n) is 5.45. The van der Waals surface area contributed by atoms with E-state index in [9.17, 15) is 8.78 Å². The SMILES string of the molecule is CCCc1c(CCc2ccc(F)cc2F)cc(OC)cc1OC. The van der Waals surface area contributed by atoms with Crippen molar-refractivity contribution >= 4 is 0 Å². The van der Waals surface area contributed by atoms with Gasteiger partial charge in [0.1, 0.15) is 23.1 Å². The molecule has 0 atom stereocenters. The third kappa shape index (κ3) is 4.21. The number of rotatable bonds is 7. The zero-order chi connectivity index (χ0) is 16.8. The van der Waals surface area contributed by atoms with Crippen LogP contribution < -0.4 is 9.47 Å². The zero-order valence-corrected chi connectivity index (χ0v) is 13.8. The Morgan fingerprint density at radius 2 is 1.61 bits per heavy atom. The van der Waals surface area contributed by atoms with Crippen LogP contribution in [0.5, 0.6) is 11.5 Å². The molecule has 124 valence electrons. The number of hydrogen-bond donors (Lipinski definition) is 0. The summed E-state index contributed by atoms with van der Waals surface area (Å²) in [6, 6.07) is 7.55. The molecule has 2 aromatic carbocycles. The maximum Gasteiger partial charge on any atom is 0.129 e. The Labute approximate surface area is 136 Å². The van der Waals surface area contributed by atoms with Crippen molar-refractivity contribution in [2.45, 2.75) is 32.6 Å². The number of hydrogen-bond acceptors (Lipinski definition) is 2. The van der Waals surface area contributed by atoms with E-state index in [1.807, 2.05) is 12.1 Å². The lowest BCUT2D eigenvalue weighted by Gasteiger charge is -2.16. The molecule has 0 saturated carbocycles. The third-order valence-electron chi connectivity index (χ3n) is 3.91. The lowest BCUT2D eigenvalue weighted by atomic mass is 9.95. The summed E-state index contributed by atoms with van der Waals surface area (Å²) in [5, 5.41) is 0. The molecule has 0 amide bonds. The molecule has 0 N–H and O–H groups in total. The van der Waals surface area contributed by atoms with Gasteiger partial charge in [-0.25, -0.2) is 8.78 Å². The van der Waals surface area contributed by atoms with E-state index in [1.165, 1.54) is 12.1 Å². The maximum atomic E-state index is 13.8. The molecule has 2 nitrogen and oxygen atoms in total. The lowest BCUT2D eigenvalue weighted by molar-refractivity contribution is 0.389. The predicted molar refractivity (Wildman–Crippen MR) is 87.3 cm³/mol. The van der Waals surface area contributed by atoms with Crippen molar-refractivity contribution < 1.29 is 18.3 Å². The van der Waals surface area contributed by atoms with Crippen molar-refractivity contribution in [3.05, 3.63) is 58.7 Å². The quantitative estimate of drug-likeness (QED) is 0.735. The van der Waals surface area contributed by atoms with E-state index in [2.05, 4.69) is 6.92 Å². The van der Waals surface area contributed by atoms with Crippen molar-refractivity contribution in [2.24, 2.45) is 0 Å². The van der Waals surface area contributed by atoms with Gasteiger partial charge < -0.3 is 9.47 Å². The first-order chi connectivity index (χ1) is 11.1. The van der Waals surface area contributed by atoms with E-state index in [0.717, 1.165) is 41.5 Å². The van der Waals surface area contributed by atoms with E-state index in [1.54, 1.807) is 14.2 Å². The van der Waals surface area contributed by atoms with Crippen LogP contribution in [0.3, 0.4) is 0 Å². The fourth-order valence-corrected chi connectivity index (χ4v) is 2.73. The van der Waals surface area contributed by atoms with Crippen molar-refractivity contribution in [3.8, 4) is 11.5 Å². The van der Waals surface area contributed by atoms with Gasteiger partial charge in [0.05, 0.1) is 14.2 Å². The summed E-state index contributed by atoms with van der Waals surface area (Å²) in [5.41, 5.74) is 2.71. The standard InChI is InChI=1S/C19H22F2O2/c1-4-5-17-14(10-16(22-2)12-19(17)23-3)7-6-13-8-9-15(20)11-18(13)21/h8-12H,4-7H2,1-3H3. The molecule has 0 aliphatic heterocycles. The Kier molecular flexibility index (Phi) is 5.97. The highest BCUT2D eigenvalue weighted by Crippen LogP contribution is 2.31. The number of methoxy groups -OCH3 is 2. The molecule has 23 heavy (non-hydrogen) atoms. The van der Waals surface area contributed by atoms with Crippen LogP contribution in [0.1, 0.15) is 30.0 Å². The van der Waals surface area contributed by atoms with Crippen LogP contribution in [-0.2, 0) is 19.3 Å². The number of aryl methyl sites for hydroxylation is 2. The van der Waals surface area contributed by atoms with Crippen molar-refractivity contribution in [2.75, 3.05) is 14.2 Å². The van der Waals surface area contributed by atoms with Gasteiger partial charge in [0, 0.05) is 12.1 Å². The number of benzene rings is 2. The molecule has 0 radical (unpaired) electrons. The largest absolute Gasteiger partial charge is 0.497 e. The minimum atomic E-state index is -0.555. The monoisotopic (exact) mass is 320 g/mol. The summed E-state index contributed by atoms with van der Waals surface area (Å²) < 4.78 is 37.6. The van der Waals surface area contributed by atoms with E-state index in [0.29, 0.717) is 18.4 Å². The molecule has 0 fully saturated rings. The molecule has 0 aromatic heterocycles. The predicted octanol–water partition coefficient (Wildman–Crippen LogP) is 4.72. The highest BCUT2D eigenvalue weighted by molar-refractivity contribution is 5.47. The van der Waals surface area contributed by atoms with Gasteiger partial charge in [0.25, 0.3) is 0 Å². The zero-order valence-electron chi connectivity index (χ0n) is 13.8. The fourth-order valence-electron chi connectivity index (χ4n) is 2.73. The van der Waals surface area contributed by atoms with E-state index < -0.39 is 11.6 Å². The van der Waals surface area contributed by atoms with Crippen LogP contribution in [0.4, 0.5) is 8.78 Å². The molecule has 0 heterocycles. The van der Waals surface area contributed by atoms with Gasteiger partial charge in [-0.2, -0.15) is 0 Å². The summed E-state index contributed by atoms with van der Waals surface area (Å²) in [6.07, 6.45) is 3.01.